The van der Waals surface area contributed by atoms with E-state index >= 15 is 0 Å². The molecule has 60 valence electrons. The van der Waals surface area contributed by atoms with Gasteiger partial charge in [0, 0.05) is 0 Å². The normalized spacial score (nSPS) is 10.3. The maximum atomic E-state index is 9.85. The summed E-state index contributed by atoms with van der Waals surface area (Å²) in [6, 6.07) is -1.29. The summed E-state index contributed by atoms with van der Waals surface area (Å²) in [6.45, 7) is 0. The van der Waals surface area contributed by atoms with Gasteiger partial charge in [-0.05, 0) is 0 Å². The van der Waals surface area contributed by atoms with Crippen molar-refractivity contribution < 1.29 is 19.8 Å². The largest absolute Gasteiger partial charge is 0.316 e. The number of nitrogens with two attached hydrogens (primary N) is 1. The maximum Gasteiger partial charge on any atom is 0.316 e. The first-order chi connectivity index (χ1) is 4.04. The van der Waals surface area contributed by atoms with Crippen molar-refractivity contribution in [2.45, 2.75) is 12.5 Å². The van der Waals surface area contributed by atoms with E-state index in [4.69, 9.17) is 15.9 Å². The summed E-state index contributed by atoms with van der Waals surface area (Å²) in [5, 5.41) is 16.0. The minimum absolute atomic E-state index is 0. The molecule has 1 atom stereocenters. The Morgan fingerprint density at radius 2 is 1.73 bits per heavy atom. The van der Waals surface area contributed by atoms with Crippen molar-refractivity contribution >= 4 is 72.7 Å². The van der Waals surface area contributed by atoms with E-state index in [2.05, 4.69) is 0 Å². The number of aliphatic carboxylic acids is 2. The summed E-state index contributed by atoms with van der Waals surface area (Å²) in [5.74, 6) is -2.50. The molecule has 0 aromatic heterocycles. The van der Waals surface area contributed by atoms with Crippen LogP contribution in [0, 0.1) is 0 Å². The molecule has 7 heteroatoms. The molecular formula is C4H11CaMgNO4. The first-order valence-electron chi connectivity index (χ1n) is 2.24. The summed E-state index contributed by atoms with van der Waals surface area (Å²) >= 11 is 0. The predicted molar refractivity (Wildman–Crippen MR) is 45.0 cm³/mol. The van der Waals surface area contributed by atoms with E-state index in [1.807, 2.05) is 0 Å². The Balaban J connectivity index is -0.000000320. The van der Waals surface area contributed by atoms with Gasteiger partial charge in [-0.15, -0.1) is 0 Å². The molecule has 0 aromatic rings. The fourth-order valence-electron chi connectivity index (χ4n) is 0.275. The zero-order chi connectivity index (χ0) is 7.44. The Hall–Kier alpha value is 0.926. The van der Waals surface area contributed by atoms with Crippen LogP contribution in [0.5, 0.6) is 0 Å². The summed E-state index contributed by atoms with van der Waals surface area (Å²) in [6.07, 6.45) is -0.532. The number of carboxylic acid groups (broad SMARTS) is 2. The van der Waals surface area contributed by atoms with E-state index in [9.17, 15) is 9.59 Å². The zero-order valence-electron chi connectivity index (χ0n) is 4.57. The van der Waals surface area contributed by atoms with Crippen molar-refractivity contribution in [3.05, 3.63) is 0 Å². The summed E-state index contributed by atoms with van der Waals surface area (Å²) < 4.78 is 0. The molecule has 0 aliphatic heterocycles. The average molecular weight is 202 g/mol. The molecule has 4 N–H and O–H groups in total. The molecule has 0 rings (SSSR count). The van der Waals surface area contributed by atoms with Gasteiger partial charge < -0.3 is 15.9 Å². The molecule has 11 heavy (non-hydrogen) atoms. The number of hydrogen-bond donors (Lipinski definition) is 3. The van der Waals surface area contributed by atoms with Crippen LogP contribution in [0.3, 0.4) is 0 Å². The van der Waals surface area contributed by atoms with Crippen molar-refractivity contribution in [3.63, 3.8) is 0 Å². The Bertz CT molecular complexity index is 142. The number of hydrogen-bond acceptors (Lipinski definition) is 3. The molecule has 0 aromatic carbocycles. The van der Waals surface area contributed by atoms with Gasteiger partial charge in [-0.1, -0.05) is 0 Å². The molecule has 0 aliphatic rings. The van der Waals surface area contributed by atoms with Crippen molar-refractivity contribution in [3.8, 4) is 0 Å². The molecule has 5 nitrogen and oxygen atoms in total. The van der Waals surface area contributed by atoms with Crippen molar-refractivity contribution in [2.24, 2.45) is 5.73 Å². The monoisotopic (exact) mass is 201 g/mol. The van der Waals surface area contributed by atoms with Gasteiger partial charge in [0.2, 0.25) is 0 Å². The van der Waals surface area contributed by atoms with Crippen molar-refractivity contribution in [2.75, 3.05) is 0 Å². The molecule has 0 saturated carbocycles. The number of carbonyl (C=O) groups is 2. The Labute approximate surface area is 109 Å². The third kappa shape index (κ3) is 10.9. The molecule has 0 bridgehead atoms. The van der Waals surface area contributed by atoms with E-state index in [1.165, 1.54) is 0 Å². The average Bonchev–Trinajstić information content (AvgIpc) is 1.63. The van der Waals surface area contributed by atoms with Crippen LogP contribution in [0.2, 0.25) is 0 Å². The first kappa shape index (κ1) is 17.9. The third-order valence-electron chi connectivity index (χ3n) is 0.712. The van der Waals surface area contributed by atoms with Gasteiger partial charge >= 0.3 is 72.7 Å². The van der Waals surface area contributed by atoms with Crippen LogP contribution in [-0.4, -0.2) is 89.0 Å². The van der Waals surface area contributed by atoms with E-state index in [-0.39, 0.29) is 60.8 Å². The van der Waals surface area contributed by atoms with Crippen molar-refractivity contribution in [1.82, 2.24) is 0 Å². The van der Waals surface area contributed by atoms with E-state index < -0.39 is 24.4 Å². The van der Waals surface area contributed by atoms with Crippen LogP contribution in [0.1, 0.15) is 6.42 Å². The third-order valence-corrected chi connectivity index (χ3v) is 0.712. The molecule has 0 spiro atoms. The second kappa shape index (κ2) is 9.02. The second-order valence-electron chi connectivity index (χ2n) is 1.54. The van der Waals surface area contributed by atoms with Gasteiger partial charge in [0.1, 0.15) is 6.04 Å². The van der Waals surface area contributed by atoms with Gasteiger partial charge in [0.25, 0.3) is 0 Å². The molecule has 0 aliphatic carbocycles. The Morgan fingerprint density at radius 3 is 1.82 bits per heavy atom. The standard InChI is InChI=1S/C4H7NO4.Ca.Mg.4H/c5-2(4(8)9)1-3(6)7;;;;;;/h2H,1,5H2,(H,6,7)(H,8,9);;;;;;/t2-;;;;;;/m0....../s1. The summed E-state index contributed by atoms with van der Waals surface area (Å²) in [5.41, 5.74) is 4.84. The summed E-state index contributed by atoms with van der Waals surface area (Å²) in [7, 11) is 0. The van der Waals surface area contributed by atoms with Crippen LogP contribution >= 0.6 is 0 Å². The predicted octanol–water partition coefficient (Wildman–Crippen LogP) is -2.96. The minimum atomic E-state index is -1.29. The second-order valence-corrected chi connectivity index (χ2v) is 1.54. The summed E-state index contributed by atoms with van der Waals surface area (Å²) in [4.78, 5) is 19.6. The molecule has 0 radical (unpaired) electrons. The van der Waals surface area contributed by atoms with Gasteiger partial charge in [-0.3, -0.25) is 9.59 Å². The first-order valence-corrected chi connectivity index (χ1v) is 2.24. The Morgan fingerprint density at radius 1 is 1.36 bits per heavy atom. The maximum absolute atomic E-state index is 9.85. The molecular weight excluding hydrogens is 190 g/mol. The SMILES string of the molecule is N[C@@H](CC(=O)O)C(=O)O.[CaH2].[MgH2]. The fraction of sp³-hybridized carbons (Fsp3) is 0.500. The van der Waals surface area contributed by atoms with Gasteiger partial charge in [-0.25, -0.2) is 0 Å². The van der Waals surface area contributed by atoms with Crippen LogP contribution in [0.15, 0.2) is 0 Å². The van der Waals surface area contributed by atoms with E-state index in [0.29, 0.717) is 0 Å². The van der Waals surface area contributed by atoms with Gasteiger partial charge in [-0.2, -0.15) is 0 Å². The number of carboxylic acids is 2. The van der Waals surface area contributed by atoms with E-state index in [1.54, 1.807) is 0 Å². The van der Waals surface area contributed by atoms with Crippen LogP contribution in [0.4, 0.5) is 0 Å². The molecule has 0 unspecified atom stereocenters. The van der Waals surface area contributed by atoms with Crippen LogP contribution < -0.4 is 5.73 Å². The molecule has 0 amide bonds. The fourth-order valence-corrected chi connectivity index (χ4v) is 0.275. The molecule has 0 heterocycles. The smallest absolute Gasteiger partial charge is 0.316 e. The zero-order valence-corrected chi connectivity index (χ0v) is 4.57. The minimum Gasteiger partial charge on any atom is 0.316 e. The molecule has 0 fully saturated rings. The number of rotatable bonds is 3. The van der Waals surface area contributed by atoms with Crippen LogP contribution in [0.25, 0.3) is 0 Å². The quantitative estimate of drug-likeness (QED) is 0.424. The van der Waals surface area contributed by atoms with E-state index in [0.717, 1.165) is 0 Å². The Kier molecular flexibility index (Phi) is 14.6. The topological polar surface area (TPSA) is 101 Å². The van der Waals surface area contributed by atoms with Gasteiger partial charge in [0.05, 0.1) is 6.42 Å². The van der Waals surface area contributed by atoms with Gasteiger partial charge in [0.15, 0.2) is 0 Å². The molecule has 0 saturated heterocycles. The van der Waals surface area contributed by atoms with Crippen molar-refractivity contribution in [1.29, 1.82) is 0 Å². The van der Waals surface area contributed by atoms with Crippen LogP contribution in [-0.2, 0) is 9.59 Å².